The van der Waals surface area contributed by atoms with E-state index in [-0.39, 0.29) is 0 Å². The Labute approximate surface area is 158 Å². The SMILES string of the molecule is CC(C)SC(C)CC1=C(P(c2ccccc2)c2ccccc2)C=CC1. The summed E-state index contributed by atoms with van der Waals surface area (Å²) in [6.07, 6.45) is 7.08. The van der Waals surface area contributed by atoms with Crippen LogP contribution in [0.25, 0.3) is 0 Å². The number of hydrogen-bond acceptors (Lipinski definition) is 1. The van der Waals surface area contributed by atoms with Crippen LogP contribution in [0, 0.1) is 0 Å². The highest BCUT2D eigenvalue weighted by atomic mass is 32.2. The van der Waals surface area contributed by atoms with Crippen molar-refractivity contribution in [1.82, 2.24) is 0 Å². The van der Waals surface area contributed by atoms with E-state index in [9.17, 15) is 0 Å². The Morgan fingerprint density at radius 2 is 1.44 bits per heavy atom. The lowest BCUT2D eigenvalue weighted by Gasteiger charge is -2.23. The van der Waals surface area contributed by atoms with E-state index in [4.69, 9.17) is 0 Å². The maximum Gasteiger partial charge on any atom is 0.00589 e. The first kappa shape index (κ1) is 18.5. The molecular weight excluding hydrogens is 339 g/mol. The molecule has 0 radical (unpaired) electrons. The average Bonchev–Trinajstić information content (AvgIpc) is 3.04. The van der Waals surface area contributed by atoms with Gasteiger partial charge in [0, 0.05) is 5.25 Å². The van der Waals surface area contributed by atoms with Crippen LogP contribution in [0.5, 0.6) is 0 Å². The molecule has 0 fully saturated rings. The van der Waals surface area contributed by atoms with Crippen molar-refractivity contribution in [2.45, 2.75) is 44.1 Å². The van der Waals surface area contributed by atoms with Crippen molar-refractivity contribution in [2.24, 2.45) is 0 Å². The van der Waals surface area contributed by atoms with Gasteiger partial charge in [0.15, 0.2) is 0 Å². The molecule has 0 heterocycles. The molecule has 0 aromatic heterocycles. The van der Waals surface area contributed by atoms with E-state index in [0.717, 1.165) is 6.42 Å². The molecule has 130 valence electrons. The van der Waals surface area contributed by atoms with Crippen LogP contribution in [0.1, 0.15) is 33.6 Å². The van der Waals surface area contributed by atoms with Gasteiger partial charge in [-0.3, -0.25) is 0 Å². The fourth-order valence-electron chi connectivity index (χ4n) is 3.40. The second kappa shape index (κ2) is 8.88. The predicted octanol–water partition coefficient (Wildman–Crippen LogP) is 6.25. The molecule has 0 amide bonds. The minimum atomic E-state index is -0.459. The third kappa shape index (κ3) is 4.87. The van der Waals surface area contributed by atoms with Crippen molar-refractivity contribution >= 4 is 30.3 Å². The highest BCUT2D eigenvalue weighted by Crippen LogP contribution is 2.49. The van der Waals surface area contributed by atoms with Crippen LogP contribution in [0.15, 0.2) is 83.7 Å². The zero-order chi connectivity index (χ0) is 17.6. The van der Waals surface area contributed by atoms with Gasteiger partial charge in [-0.1, -0.05) is 99.2 Å². The van der Waals surface area contributed by atoms with Gasteiger partial charge in [-0.05, 0) is 41.9 Å². The molecule has 0 bridgehead atoms. The molecule has 3 rings (SSSR count). The van der Waals surface area contributed by atoms with E-state index in [2.05, 4.69) is 105 Å². The average molecular weight is 367 g/mol. The van der Waals surface area contributed by atoms with Crippen molar-refractivity contribution < 1.29 is 0 Å². The van der Waals surface area contributed by atoms with Crippen LogP contribution in [0.4, 0.5) is 0 Å². The summed E-state index contributed by atoms with van der Waals surface area (Å²) < 4.78 is 0. The second-order valence-electron chi connectivity index (χ2n) is 6.80. The molecule has 2 aromatic carbocycles. The van der Waals surface area contributed by atoms with Gasteiger partial charge in [0.1, 0.15) is 0 Å². The third-order valence-electron chi connectivity index (χ3n) is 4.31. The van der Waals surface area contributed by atoms with E-state index >= 15 is 0 Å². The highest BCUT2D eigenvalue weighted by Gasteiger charge is 2.23. The Hall–Kier alpha value is -1.30. The van der Waals surface area contributed by atoms with Crippen LogP contribution >= 0.6 is 19.7 Å². The Morgan fingerprint density at radius 3 is 1.96 bits per heavy atom. The molecule has 25 heavy (non-hydrogen) atoms. The molecule has 2 heteroatoms. The summed E-state index contributed by atoms with van der Waals surface area (Å²) in [6.45, 7) is 6.97. The monoisotopic (exact) mass is 366 g/mol. The zero-order valence-corrected chi connectivity index (χ0v) is 17.1. The van der Waals surface area contributed by atoms with Crippen molar-refractivity contribution in [3.8, 4) is 0 Å². The summed E-state index contributed by atoms with van der Waals surface area (Å²) in [5, 5.41) is 5.84. The van der Waals surface area contributed by atoms with Crippen LogP contribution in [-0.2, 0) is 0 Å². The molecule has 0 saturated heterocycles. The minimum Gasteiger partial charge on any atom is -0.156 e. The summed E-state index contributed by atoms with van der Waals surface area (Å²) in [5.41, 5.74) is 1.64. The number of thioether (sulfide) groups is 1. The van der Waals surface area contributed by atoms with Gasteiger partial charge in [-0.15, -0.1) is 0 Å². The fourth-order valence-corrected chi connectivity index (χ4v) is 7.17. The van der Waals surface area contributed by atoms with Crippen LogP contribution in [0.3, 0.4) is 0 Å². The Bertz CT molecular complexity index is 692. The van der Waals surface area contributed by atoms with E-state index in [1.807, 2.05) is 0 Å². The van der Waals surface area contributed by atoms with Crippen molar-refractivity contribution in [3.05, 3.63) is 83.7 Å². The quantitative estimate of drug-likeness (QED) is 0.522. The second-order valence-corrected chi connectivity index (χ2v) is 11.0. The molecule has 0 aliphatic heterocycles. The van der Waals surface area contributed by atoms with Crippen LogP contribution in [-0.4, -0.2) is 10.5 Å². The van der Waals surface area contributed by atoms with E-state index in [1.54, 1.807) is 10.9 Å². The maximum absolute atomic E-state index is 2.40. The molecule has 0 nitrogen and oxygen atoms in total. The summed E-state index contributed by atoms with van der Waals surface area (Å²) in [6, 6.07) is 22.1. The van der Waals surface area contributed by atoms with E-state index < -0.39 is 7.92 Å². The van der Waals surface area contributed by atoms with Gasteiger partial charge < -0.3 is 0 Å². The maximum atomic E-state index is 2.40. The topological polar surface area (TPSA) is 0 Å². The van der Waals surface area contributed by atoms with Crippen LogP contribution < -0.4 is 10.6 Å². The van der Waals surface area contributed by atoms with E-state index in [1.165, 1.54) is 17.0 Å². The normalized spacial score (nSPS) is 15.4. The number of benzene rings is 2. The summed E-state index contributed by atoms with van der Waals surface area (Å²) in [5.74, 6) is 0. The first-order valence-corrected chi connectivity index (χ1v) is 11.4. The predicted molar refractivity (Wildman–Crippen MR) is 117 cm³/mol. The summed E-state index contributed by atoms with van der Waals surface area (Å²) >= 11 is 2.09. The lowest BCUT2D eigenvalue weighted by molar-refractivity contribution is 0.894. The van der Waals surface area contributed by atoms with Gasteiger partial charge >= 0.3 is 0 Å². The first-order chi connectivity index (χ1) is 12.1. The molecular formula is C23H27PS. The highest BCUT2D eigenvalue weighted by molar-refractivity contribution is 8.00. The molecule has 1 unspecified atom stereocenters. The standard InChI is InChI=1S/C23H27PS/c1-18(2)25-19(3)17-20-11-10-16-23(20)24(21-12-6-4-7-13-21)22-14-8-5-9-15-22/h4-10,12-16,18-19H,11,17H2,1-3H3. The molecule has 1 atom stereocenters. The number of allylic oxidation sites excluding steroid dienone is 4. The largest absolute Gasteiger partial charge is 0.156 e. The Balaban J connectivity index is 1.97. The Morgan fingerprint density at radius 1 is 0.880 bits per heavy atom. The lowest BCUT2D eigenvalue weighted by atomic mass is 10.1. The van der Waals surface area contributed by atoms with Gasteiger partial charge in [0.2, 0.25) is 0 Å². The number of hydrogen-bond donors (Lipinski definition) is 0. The minimum absolute atomic E-state index is 0.459. The van der Waals surface area contributed by atoms with Gasteiger partial charge in [-0.25, -0.2) is 0 Å². The van der Waals surface area contributed by atoms with E-state index in [0.29, 0.717) is 10.5 Å². The van der Waals surface area contributed by atoms with Gasteiger partial charge in [-0.2, -0.15) is 11.8 Å². The van der Waals surface area contributed by atoms with Gasteiger partial charge in [0.25, 0.3) is 0 Å². The van der Waals surface area contributed by atoms with Gasteiger partial charge in [0.05, 0.1) is 0 Å². The molecule has 1 aliphatic rings. The summed E-state index contributed by atoms with van der Waals surface area (Å²) in [7, 11) is -0.459. The molecule has 0 spiro atoms. The molecule has 0 saturated carbocycles. The zero-order valence-electron chi connectivity index (χ0n) is 15.4. The molecule has 0 N–H and O–H groups in total. The lowest BCUT2D eigenvalue weighted by Crippen LogP contribution is -2.13. The van der Waals surface area contributed by atoms with Crippen molar-refractivity contribution in [3.63, 3.8) is 0 Å². The van der Waals surface area contributed by atoms with Crippen molar-refractivity contribution in [1.29, 1.82) is 0 Å². The Kier molecular flexibility index (Phi) is 6.57. The molecule has 2 aromatic rings. The molecule has 1 aliphatic carbocycles. The smallest absolute Gasteiger partial charge is 0.00589 e. The summed E-state index contributed by atoms with van der Waals surface area (Å²) in [4.78, 5) is 0. The number of rotatable bonds is 7. The van der Waals surface area contributed by atoms with Crippen LogP contribution in [0.2, 0.25) is 0 Å². The first-order valence-electron chi connectivity index (χ1n) is 9.09. The van der Waals surface area contributed by atoms with Crippen molar-refractivity contribution in [2.75, 3.05) is 0 Å². The third-order valence-corrected chi connectivity index (χ3v) is 8.06. The fraction of sp³-hybridized carbons (Fsp3) is 0.304.